The highest BCUT2D eigenvalue weighted by Crippen LogP contribution is 2.43. The zero-order chi connectivity index (χ0) is 7.49. The minimum atomic E-state index is -3.06. The maximum atomic E-state index is 11.7. The van der Waals surface area contributed by atoms with Gasteiger partial charge in [0.25, 0.3) is 0 Å². The molecule has 2 nitrogen and oxygen atoms in total. The minimum absolute atomic E-state index is 0.198. The van der Waals surface area contributed by atoms with Crippen LogP contribution < -0.4 is 0 Å². The third-order valence-electron chi connectivity index (χ3n) is 0.527. The van der Waals surface area contributed by atoms with Gasteiger partial charge in [-0.2, -0.15) is 0 Å². The van der Waals surface area contributed by atoms with Gasteiger partial charge in [0.1, 0.15) is 0 Å². The van der Waals surface area contributed by atoms with Crippen molar-refractivity contribution >= 4 is 18.3 Å². The highest BCUT2D eigenvalue weighted by Gasteiger charge is 2.13. The molecule has 0 aliphatic carbocycles. The lowest BCUT2D eigenvalue weighted by Crippen LogP contribution is -2.00. The van der Waals surface area contributed by atoms with E-state index in [-0.39, 0.29) is 6.10 Å². The van der Waals surface area contributed by atoms with Gasteiger partial charge in [-0.25, -0.2) is 4.39 Å². The third-order valence-corrected chi connectivity index (χ3v) is 2.13. The van der Waals surface area contributed by atoms with E-state index in [1.807, 2.05) is 0 Å². The average molecular weight is 172 g/mol. The summed E-state index contributed by atoms with van der Waals surface area (Å²) >= 11 is 4.39. The van der Waals surface area contributed by atoms with Crippen LogP contribution in [-0.2, 0) is 16.3 Å². The molecule has 0 bridgehead atoms. The summed E-state index contributed by atoms with van der Waals surface area (Å²) in [6, 6.07) is 0. The summed E-state index contributed by atoms with van der Waals surface area (Å²) in [6.07, 6.45) is -1.14. The molecule has 56 valence electrons. The minimum Gasteiger partial charge on any atom is -0.343 e. The van der Waals surface area contributed by atoms with Crippen molar-refractivity contribution in [1.82, 2.24) is 0 Å². The van der Waals surface area contributed by atoms with Gasteiger partial charge in [-0.05, 0) is 25.7 Å². The summed E-state index contributed by atoms with van der Waals surface area (Å²) in [5.41, 5.74) is 0. The molecule has 0 aliphatic rings. The Hall–Kier alpha value is 0.500. The molecule has 0 fully saturated rings. The normalized spacial score (nSPS) is 17.9. The number of halogens is 1. The first-order chi connectivity index (χ1) is 3.98. The molecule has 0 heterocycles. The molecule has 1 atom stereocenters. The Kier molecular flexibility index (Phi) is 3.82. The highest BCUT2D eigenvalue weighted by atomic mass is 32.5. The van der Waals surface area contributed by atoms with Crippen LogP contribution in [-0.4, -0.2) is 17.4 Å². The molecule has 0 aliphatic heterocycles. The van der Waals surface area contributed by atoms with Crippen molar-refractivity contribution in [1.29, 1.82) is 0 Å². The molecule has 5 heteroatoms. The Morgan fingerprint density at radius 1 is 1.78 bits per heavy atom. The predicted molar refractivity (Wildman–Crippen MR) is 38.7 cm³/mol. The molecule has 1 N–H and O–H groups in total. The van der Waals surface area contributed by atoms with E-state index in [0.29, 0.717) is 0 Å². The van der Waals surface area contributed by atoms with Crippen LogP contribution in [0.5, 0.6) is 0 Å². The van der Waals surface area contributed by atoms with Crippen molar-refractivity contribution in [3.05, 3.63) is 0 Å². The Labute approximate surface area is 59.2 Å². The molecule has 0 saturated heterocycles. The fourth-order valence-corrected chi connectivity index (χ4v) is 1.59. The lowest BCUT2D eigenvalue weighted by molar-refractivity contribution is 0.232. The highest BCUT2D eigenvalue weighted by molar-refractivity contribution is 8.09. The number of hydrogen-bond acceptors (Lipinski definition) is 2. The van der Waals surface area contributed by atoms with E-state index in [0.717, 1.165) is 0 Å². The zero-order valence-electron chi connectivity index (χ0n) is 5.37. The Morgan fingerprint density at radius 3 is 2.33 bits per heavy atom. The first kappa shape index (κ1) is 9.50. The van der Waals surface area contributed by atoms with Crippen molar-refractivity contribution in [3.8, 4) is 0 Å². The molecule has 0 amide bonds. The topological polar surface area (TPSA) is 29.5 Å². The van der Waals surface area contributed by atoms with Crippen LogP contribution >= 0.6 is 6.49 Å². The molecule has 0 aromatic rings. The summed E-state index contributed by atoms with van der Waals surface area (Å²) in [5, 5.41) is 0. The molecule has 0 spiro atoms. The van der Waals surface area contributed by atoms with Crippen molar-refractivity contribution in [2.24, 2.45) is 0 Å². The zero-order valence-corrected chi connectivity index (χ0v) is 7.08. The van der Waals surface area contributed by atoms with Crippen molar-refractivity contribution in [3.63, 3.8) is 0 Å². The van der Waals surface area contributed by atoms with Crippen LogP contribution in [0.4, 0.5) is 4.39 Å². The maximum absolute atomic E-state index is 11.7. The fraction of sp³-hybridized carbons (Fsp3) is 1.00. The monoisotopic (exact) mass is 172 g/mol. The molecule has 0 radical (unpaired) electrons. The van der Waals surface area contributed by atoms with Gasteiger partial charge in [0, 0.05) is 0 Å². The molecule has 0 saturated carbocycles. The number of rotatable bonds is 3. The molecule has 0 aromatic heterocycles. The Bertz CT molecular complexity index is 128. The SMILES string of the molecule is CC(C)OP(O)(=S)CF. The maximum Gasteiger partial charge on any atom is 0.217 e. The van der Waals surface area contributed by atoms with Gasteiger partial charge in [-0.15, -0.1) is 0 Å². The summed E-state index contributed by atoms with van der Waals surface area (Å²) in [5.74, 6) is 0. The van der Waals surface area contributed by atoms with Gasteiger partial charge in [0.2, 0.25) is 6.49 Å². The quantitative estimate of drug-likeness (QED) is 0.656. The average Bonchev–Trinajstić information content (AvgIpc) is 1.63. The summed E-state index contributed by atoms with van der Waals surface area (Å²) in [4.78, 5) is 8.82. The molecule has 9 heavy (non-hydrogen) atoms. The van der Waals surface area contributed by atoms with E-state index in [1.54, 1.807) is 13.8 Å². The van der Waals surface area contributed by atoms with Crippen LogP contribution in [0.2, 0.25) is 0 Å². The van der Waals surface area contributed by atoms with Crippen molar-refractivity contribution in [2.75, 3.05) is 6.42 Å². The van der Waals surface area contributed by atoms with E-state index in [9.17, 15) is 4.39 Å². The van der Waals surface area contributed by atoms with Crippen molar-refractivity contribution in [2.45, 2.75) is 20.0 Å². The van der Waals surface area contributed by atoms with Crippen LogP contribution in [0, 0.1) is 0 Å². The van der Waals surface area contributed by atoms with E-state index in [4.69, 9.17) is 9.42 Å². The first-order valence-electron chi connectivity index (χ1n) is 2.54. The van der Waals surface area contributed by atoms with Crippen LogP contribution in [0.3, 0.4) is 0 Å². The number of alkyl halides is 1. The van der Waals surface area contributed by atoms with Crippen LogP contribution in [0.25, 0.3) is 0 Å². The summed E-state index contributed by atoms with van der Waals surface area (Å²) < 4.78 is 16.4. The lowest BCUT2D eigenvalue weighted by Gasteiger charge is -2.13. The summed E-state index contributed by atoms with van der Waals surface area (Å²) in [7, 11) is 0. The second kappa shape index (κ2) is 3.62. The van der Waals surface area contributed by atoms with Crippen LogP contribution in [0.1, 0.15) is 13.8 Å². The van der Waals surface area contributed by atoms with Gasteiger partial charge in [0.05, 0.1) is 6.10 Å². The van der Waals surface area contributed by atoms with Gasteiger partial charge in [-0.3, -0.25) is 0 Å². The van der Waals surface area contributed by atoms with Crippen LogP contribution in [0.15, 0.2) is 0 Å². The van der Waals surface area contributed by atoms with Gasteiger partial charge in [-0.1, -0.05) is 0 Å². The Morgan fingerprint density at radius 2 is 2.22 bits per heavy atom. The van der Waals surface area contributed by atoms with E-state index in [1.165, 1.54) is 0 Å². The molecule has 0 rings (SSSR count). The molecule has 1 unspecified atom stereocenters. The smallest absolute Gasteiger partial charge is 0.217 e. The first-order valence-corrected chi connectivity index (χ1v) is 5.40. The molecule has 0 aromatic carbocycles. The number of hydrogen-bond donors (Lipinski definition) is 1. The van der Waals surface area contributed by atoms with E-state index < -0.39 is 12.9 Å². The lowest BCUT2D eigenvalue weighted by atomic mass is 10.5. The van der Waals surface area contributed by atoms with E-state index >= 15 is 0 Å². The molecular formula is C4H10FO2PS. The second-order valence-corrected chi connectivity index (χ2v) is 5.35. The van der Waals surface area contributed by atoms with E-state index in [2.05, 4.69) is 11.8 Å². The molecular weight excluding hydrogens is 162 g/mol. The largest absolute Gasteiger partial charge is 0.343 e. The van der Waals surface area contributed by atoms with Gasteiger partial charge >= 0.3 is 0 Å². The fourth-order valence-electron chi connectivity index (χ4n) is 0.358. The summed E-state index contributed by atoms with van der Waals surface area (Å²) in [6.45, 7) is 0.340. The Balaban J connectivity index is 3.73. The standard InChI is InChI=1S/C4H10FO2PS/c1-4(2)7-8(6,9)3-5/h4H,3H2,1-2H3,(H,6,9). The third kappa shape index (κ3) is 4.97. The predicted octanol–water partition coefficient (Wildman–Crippen LogP) is 1.64. The van der Waals surface area contributed by atoms with Gasteiger partial charge in [0.15, 0.2) is 6.42 Å². The second-order valence-electron chi connectivity index (χ2n) is 1.91. The van der Waals surface area contributed by atoms with Crippen molar-refractivity contribution < 1.29 is 13.8 Å². The van der Waals surface area contributed by atoms with Gasteiger partial charge < -0.3 is 9.42 Å².